The van der Waals surface area contributed by atoms with E-state index in [4.69, 9.17) is 23.2 Å². The van der Waals surface area contributed by atoms with Crippen molar-refractivity contribution in [1.29, 1.82) is 0 Å². The van der Waals surface area contributed by atoms with Gasteiger partial charge in [-0.3, -0.25) is 9.69 Å². The van der Waals surface area contributed by atoms with E-state index < -0.39 is 0 Å². The number of nitrogens with zero attached hydrogens (tertiary/aromatic N) is 1. The van der Waals surface area contributed by atoms with Gasteiger partial charge < -0.3 is 5.32 Å². The number of piperidine rings is 1. The second-order valence-electron chi connectivity index (χ2n) is 9.74. The number of rotatable bonds is 6. The highest BCUT2D eigenvalue weighted by atomic mass is 35.5. The van der Waals surface area contributed by atoms with Crippen molar-refractivity contribution >= 4 is 29.1 Å². The molecule has 1 N–H and O–H groups in total. The summed E-state index contributed by atoms with van der Waals surface area (Å²) in [5.41, 5.74) is 3.43. The Morgan fingerprint density at radius 3 is 1.88 bits per heavy atom. The largest absolute Gasteiger partial charge is 0.355 e. The highest BCUT2D eigenvalue weighted by Gasteiger charge is 2.51. The predicted molar refractivity (Wildman–Crippen MR) is 139 cm³/mol. The predicted octanol–water partition coefficient (Wildman–Crippen LogP) is 6.78. The van der Waals surface area contributed by atoms with Crippen LogP contribution in [0.1, 0.15) is 55.3 Å². The standard InChI is InChI=1S/C29H30Cl2N2O/c1-20(34)32-19-29(21-9-3-2-4-10-21)17-22-15-16-23(18-29)33(22)28(24-11-5-7-13-26(24)30)25-12-6-8-14-27(25)31/h2-14,22-23,28H,15-19H2,1H3,(H,32,34)/t22-,23+,29?. The SMILES string of the molecule is CC(=O)NCC1(c2ccccc2)C[C@H]2CC[C@@H](C1)N2C(c1ccccc1Cl)c1ccccc1Cl. The molecule has 1 unspecified atom stereocenters. The summed E-state index contributed by atoms with van der Waals surface area (Å²) in [7, 11) is 0. The van der Waals surface area contributed by atoms with E-state index in [1.165, 1.54) is 5.56 Å². The lowest BCUT2D eigenvalue weighted by Crippen LogP contribution is -2.54. The molecule has 5 rings (SSSR count). The molecule has 176 valence electrons. The van der Waals surface area contributed by atoms with E-state index in [0.29, 0.717) is 18.6 Å². The first-order chi connectivity index (χ1) is 16.5. The molecule has 1 amide bonds. The molecule has 34 heavy (non-hydrogen) atoms. The van der Waals surface area contributed by atoms with Gasteiger partial charge in [-0.2, -0.15) is 0 Å². The van der Waals surface area contributed by atoms with Gasteiger partial charge in [0.25, 0.3) is 0 Å². The van der Waals surface area contributed by atoms with Crippen LogP contribution in [0.5, 0.6) is 0 Å². The molecule has 3 nitrogen and oxygen atoms in total. The molecule has 2 bridgehead atoms. The van der Waals surface area contributed by atoms with Gasteiger partial charge in [-0.25, -0.2) is 0 Å². The average Bonchev–Trinajstić information content (AvgIpc) is 3.10. The summed E-state index contributed by atoms with van der Waals surface area (Å²) in [6, 6.07) is 27.7. The molecule has 5 heteroatoms. The summed E-state index contributed by atoms with van der Waals surface area (Å²) in [6.07, 6.45) is 4.23. The summed E-state index contributed by atoms with van der Waals surface area (Å²) in [5, 5.41) is 4.69. The Balaban J connectivity index is 1.57. The maximum Gasteiger partial charge on any atom is 0.216 e. The number of hydrogen-bond donors (Lipinski definition) is 1. The van der Waals surface area contributed by atoms with Crippen molar-refractivity contribution in [2.45, 2.75) is 56.1 Å². The minimum atomic E-state index is -0.0826. The van der Waals surface area contributed by atoms with E-state index in [-0.39, 0.29) is 17.4 Å². The van der Waals surface area contributed by atoms with Gasteiger partial charge in [0.05, 0.1) is 6.04 Å². The van der Waals surface area contributed by atoms with Crippen molar-refractivity contribution in [2.75, 3.05) is 6.54 Å². The second kappa shape index (κ2) is 9.73. The van der Waals surface area contributed by atoms with Crippen molar-refractivity contribution < 1.29 is 4.79 Å². The zero-order valence-electron chi connectivity index (χ0n) is 19.4. The molecule has 0 spiro atoms. The molecule has 2 aliphatic rings. The average molecular weight is 493 g/mol. The van der Waals surface area contributed by atoms with Gasteiger partial charge in [-0.05, 0) is 54.5 Å². The molecule has 3 aromatic rings. The molecule has 2 fully saturated rings. The molecule has 2 aliphatic heterocycles. The molecule has 3 atom stereocenters. The molecule has 0 saturated carbocycles. The van der Waals surface area contributed by atoms with Gasteiger partial charge in [-0.15, -0.1) is 0 Å². The smallest absolute Gasteiger partial charge is 0.216 e. The molecule has 2 heterocycles. The topological polar surface area (TPSA) is 32.3 Å². The van der Waals surface area contributed by atoms with E-state index in [2.05, 4.69) is 64.8 Å². The van der Waals surface area contributed by atoms with Crippen molar-refractivity contribution in [2.24, 2.45) is 0 Å². The van der Waals surface area contributed by atoms with E-state index in [0.717, 1.165) is 46.9 Å². The van der Waals surface area contributed by atoms with E-state index >= 15 is 0 Å². The van der Waals surface area contributed by atoms with Gasteiger partial charge >= 0.3 is 0 Å². The molecule has 0 aromatic heterocycles. The number of halogens is 2. The Morgan fingerprint density at radius 2 is 1.38 bits per heavy atom. The van der Waals surface area contributed by atoms with Crippen LogP contribution in [0.25, 0.3) is 0 Å². The highest BCUT2D eigenvalue weighted by molar-refractivity contribution is 6.32. The number of carbonyl (C=O) groups excluding carboxylic acids is 1. The third-order valence-corrected chi connectivity index (χ3v) is 8.38. The van der Waals surface area contributed by atoms with Crippen LogP contribution in [0.3, 0.4) is 0 Å². The summed E-state index contributed by atoms with van der Waals surface area (Å²) in [4.78, 5) is 14.6. The fourth-order valence-electron chi connectivity index (χ4n) is 6.25. The van der Waals surface area contributed by atoms with Gasteiger partial charge in [0, 0.05) is 41.0 Å². The van der Waals surface area contributed by atoms with E-state index in [9.17, 15) is 4.79 Å². The first kappa shape index (κ1) is 23.4. The zero-order valence-corrected chi connectivity index (χ0v) is 20.9. The van der Waals surface area contributed by atoms with Crippen LogP contribution in [-0.4, -0.2) is 29.4 Å². The normalized spacial score (nSPS) is 24.4. The lowest BCUT2D eigenvalue weighted by Gasteiger charge is -2.50. The van der Waals surface area contributed by atoms with Crippen LogP contribution in [-0.2, 0) is 10.2 Å². The number of nitrogens with one attached hydrogen (secondary N) is 1. The summed E-state index contributed by atoms with van der Waals surface area (Å²) >= 11 is 13.6. The maximum absolute atomic E-state index is 11.9. The fraction of sp³-hybridized carbons (Fsp3) is 0.345. The Labute approximate surface area is 212 Å². The van der Waals surface area contributed by atoms with Crippen LogP contribution in [0, 0.1) is 0 Å². The van der Waals surface area contributed by atoms with E-state index in [1.807, 2.05) is 24.3 Å². The number of hydrogen-bond acceptors (Lipinski definition) is 2. The zero-order chi connectivity index (χ0) is 23.7. The molecular formula is C29H30Cl2N2O. The Morgan fingerprint density at radius 1 is 0.882 bits per heavy atom. The van der Waals surface area contributed by atoms with E-state index in [1.54, 1.807) is 6.92 Å². The minimum absolute atomic E-state index is 0.00515. The summed E-state index contributed by atoms with van der Waals surface area (Å²) < 4.78 is 0. The first-order valence-corrected chi connectivity index (χ1v) is 12.8. The number of fused-ring (bicyclic) bond motifs is 2. The van der Waals surface area contributed by atoms with Crippen molar-refractivity contribution in [1.82, 2.24) is 10.2 Å². The van der Waals surface area contributed by atoms with Gasteiger partial charge in [-0.1, -0.05) is 89.9 Å². The maximum atomic E-state index is 11.9. The van der Waals surface area contributed by atoms with Crippen LogP contribution in [0.15, 0.2) is 78.9 Å². The highest BCUT2D eigenvalue weighted by Crippen LogP contribution is 2.52. The first-order valence-electron chi connectivity index (χ1n) is 12.0. The second-order valence-corrected chi connectivity index (χ2v) is 10.6. The van der Waals surface area contributed by atoms with Crippen LogP contribution >= 0.6 is 23.2 Å². The van der Waals surface area contributed by atoms with Crippen LogP contribution < -0.4 is 5.32 Å². The molecule has 2 saturated heterocycles. The molecule has 0 aliphatic carbocycles. The van der Waals surface area contributed by atoms with Crippen molar-refractivity contribution in [3.8, 4) is 0 Å². The molecule has 0 radical (unpaired) electrons. The summed E-state index contributed by atoms with van der Waals surface area (Å²) in [6.45, 7) is 2.27. The Bertz CT molecular complexity index is 1110. The Hall–Kier alpha value is -2.33. The lowest BCUT2D eigenvalue weighted by molar-refractivity contribution is -0.119. The lowest BCUT2D eigenvalue weighted by atomic mass is 9.69. The van der Waals surface area contributed by atoms with Crippen molar-refractivity contribution in [3.63, 3.8) is 0 Å². The number of carbonyl (C=O) groups is 1. The summed E-state index contributed by atoms with van der Waals surface area (Å²) in [5.74, 6) is 0.0232. The minimum Gasteiger partial charge on any atom is -0.355 e. The monoisotopic (exact) mass is 492 g/mol. The van der Waals surface area contributed by atoms with Gasteiger partial charge in [0.1, 0.15) is 0 Å². The van der Waals surface area contributed by atoms with Crippen LogP contribution in [0.4, 0.5) is 0 Å². The molecular weight excluding hydrogens is 463 g/mol. The van der Waals surface area contributed by atoms with Crippen molar-refractivity contribution in [3.05, 3.63) is 106 Å². The third-order valence-electron chi connectivity index (χ3n) is 7.69. The quantitative estimate of drug-likeness (QED) is 0.410. The number of amides is 1. The van der Waals surface area contributed by atoms with Gasteiger partial charge in [0.15, 0.2) is 0 Å². The number of benzene rings is 3. The van der Waals surface area contributed by atoms with Gasteiger partial charge in [0.2, 0.25) is 5.91 Å². The molecule has 3 aromatic carbocycles. The Kier molecular flexibility index (Phi) is 6.70. The third kappa shape index (κ3) is 4.37. The fourth-order valence-corrected chi connectivity index (χ4v) is 6.73. The van der Waals surface area contributed by atoms with Crippen LogP contribution in [0.2, 0.25) is 10.0 Å².